The van der Waals surface area contributed by atoms with Crippen LogP contribution in [0.3, 0.4) is 0 Å². The van der Waals surface area contributed by atoms with Crippen LogP contribution in [0, 0.1) is 0 Å². The molecule has 3 rings (SSSR count). The predicted molar refractivity (Wildman–Crippen MR) is 104 cm³/mol. The van der Waals surface area contributed by atoms with Gasteiger partial charge in [-0.1, -0.05) is 19.1 Å². The summed E-state index contributed by atoms with van der Waals surface area (Å²) in [6.07, 6.45) is 2.22. The molecule has 7 heteroatoms. The lowest BCUT2D eigenvalue weighted by Crippen LogP contribution is -2.54. The van der Waals surface area contributed by atoms with Gasteiger partial charge in [0.2, 0.25) is 11.0 Å². The van der Waals surface area contributed by atoms with E-state index in [4.69, 9.17) is 9.72 Å². The van der Waals surface area contributed by atoms with Gasteiger partial charge in [0.05, 0.1) is 7.11 Å². The van der Waals surface area contributed by atoms with Gasteiger partial charge < -0.3 is 14.5 Å². The number of carbonyl (C=O) groups excluding carboxylic acids is 1. The van der Waals surface area contributed by atoms with Gasteiger partial charge in [0.1, 0.15) is 11.6 Å². The molecular formula is C19H26N4O2S. The Morgan fingerprint density at radius 2 is 2.23 bits per heavy atom. The normalized spacial score (nSPS) is 17.4. The zero-order valence-electron chi connectivity index (χ0n) is 15.6. The van der Waals surface area contributed by atoms with Crippen LogP contribution in [-0.2, 0) is 11.2 Å². The smallest absolute Gasteiger partial charge is 0.222 e. The number of aromatic nitrogens is 2. The van der Waals surface area contributed by atoms with Crippen molar-refractivity contribution in [2.24, 2.45) is 0 Å². The van der Waals surface area contributed by atoms with Crippen LogP contribution in [0.15, 0.2) is 24.3 Å². The van der Waals surface area contributed by atoms with E-state index in [1.54, 1.807) is 7.11 Å². The molecule has 26 heavy (non-hydrogen) atoms. The average Bonchev–Trinajstić information content (AvgIpc) is 3.10. The van der Waals surface area contributed by atoms with E-state index in [0.29, 0.717) is 12.8 Å². The molecule has 1 fully saturated rings. The summed E-state index contributed by atoms with van der Waals surface area (Å²) in [6.45, 7) is 6.53. The summed E-state index contributed by atoms with van der Waals surface area (Å²) in [5.41, 5.74) is 1.14. The lowest BCUT2D eigenvalue weighted by Gasteiger charge is -2.39. The highest BCUT2D eigenvalue weighted by atomic mass is 32.1. The molecule has 1 amide bonds. The quantitative estimate of drug-likeness (QED) is 0.778. The second-order valence-corrected chi connectivity index (χ2v) is 7.38. The number of hydrogen-bond acceptors (Lipinski definition) is 6. The molecule has 2 aromatic rings. The van der Waals surface area contributed by atoms with Crippen LogP contribution >= 0.6 is 11.5 Å². The Morgan fingerprint density at radius 3 is 2.96 bits per heavy atom. The molecule has 140 valence electrons. The van der Waals surface area contributed by atoms with Crippen LogP contribution in [0.1, 0.15) is 38.1 Å². The molecule has 0 bridgehead atoms. The summed E-state index contributed by atoms with van der Waals surface area (Å²) in [6, 6.07) is 8.19. The van der Waals surface area contributed by atoms with Crippen LogP contribution < -0.4 is 9.64 Å². The SMILES string of the molecule is CCCC(=O)N1CCN(c2nc(Cc3cccc(OC)c3)ns2)CC1C. The zero-order valence-corrected chi connectivity index (χ0v) is 16.5. The third kappa shape index (κ3) is 4.33. The van der Waals surface area contributed by atoms with Crippen LogP contribution in [0.25, 0.3) is 0 Å². The maximum Gasteiger partial charge on any atom is 0.222 e. The van der Waals surface area contributed by atoms with E-state index < -0.39 is 0 Å². The van der Waals surface area contributed by atoms with Crippen molar-refractivity contribution in [1.82, 2.24) is 14.3 Å². The number of hydrogen-bond donors (Lipinski definition) is 0. The van der Waals surface area contributed by atoms with E-state index in [1.165, 1.54) is 11.5 Å². The highest BCUT2D eigenvalue weighted by Gasteiger charge is 2.28. The van der Waals surface area contributed by atoms with Gasteiger partial charge in [0.15, 0.2) is 0 Å². The fourth-order valence-electron chi connectivity index (χ4n) is 3.27. The second-order valence-electron chi connectivity index (χ2n) is 6.65. The van der Waals surface area contributed by atoms with Gasteiger partial charge in [-0.15, -0.1) is 0 Å². The van der Waals surface area contributed by atoms with Gasteiger partial charge in [0, 0.05) is 50.1 Å². The number of amides is 1. The van der Waals surface area contributed by atoms with Crippen molar-refractivity contribution in [2.45, 2.75) is 39.2 Å². The molecule has 1 aliphatic heterocycles. The molecule has 1 unspecified atom stereocenters. The van der Waals surface area contributed by atoms with Gasteiger partial charge in [-0.3, -0.25) is 4.79 Å². The molecule has 1 saturated heterocycles. The van der Waals surface area contributed by atoms with Gasteiger partial charge in [0.25, 0.3) is 0 Å². The molecular weight excluding hydrogens is 348 g/mol. The van der Waals surface area contributed by atoms with Crippen molar-refractivity contribution >= 4 is 22.6 Å². The maximum atomic E-state index is 12.2. The molecule has 1 atom stereocenters. The molecule has 0 spiro atoms. The lowest BCUT2D eigenvalue weighted by molar-refractivity contribution is -0.133. The Hall–Kier alpha value is -2.15. The van der Waals surface area contributed by atoms with E-state index in [0.717, 1.165) is 48.3 Å². The fraction of sp³-hybridized carbons (Fsp3) is 0.526. The summed E-state index contributed by atoms with van der Waals surface area (Å²) < 4.78 is 9.79. The lowest BCUT2D eigenvalue weighted by atomic mass is 10.1. The highest BCUT2D eigenvalue weighted by Crippen LogP contribution is 2.23. The largest absolute Gasteiger partial charge is 0.497 e. The number of methoxy groups -OCH3 is 1. The first kappa shape index (κ1) is 18.6. The zero-order chi connectivity index (χ0) is 18.5. The van der Waals surface area contributed by atoms with Crippen LogP contribution in [0.4, 0.5) is 5.13 Å². The van der Waals surface area contributed by atoms with Crippen molar-refractivity contribution < 1.29 is 9.53 Å². The molecule has 6 nitrogen and oxygen atoms in total. The third-order valence-electron chi connectivity index (χ3n) is 4.64. The van der Waals surface area contributed by atoms with Crippen molar-refractivity contribution in [3.05, 3.63) is 35.7 Å². The predicted octanol–water partition coefficient (Wildman–Crippen LogP) is 2.97. The Labute approximate surface area is 159 Å². The van der Waals surface area contributed by atoms with Crippen LogP contribution in [-0.4, -0.2) is 53.0 Å². The number of piperazine rings is 1. The first-order valence-electron chi connectivity index (χ1n) is 9.10. The van der Waals surface area contributed by atoms with E-state index in [1.807, 2.05) is 30.0 Å². The van der Waals surface area contributed by atoms with Gasteiger partial charge in [-0.05, 0) is 31.0 Å². The Bertz CT molecular complexity index is 749. The first-order valence-corrected chi connectivity index (χ1v) is 9.88. The topological polar surface area (TPSA) is 58.6 Å². The summed E-state index contributed by atoms with van der Waals surface area (Å²) in [4.78, 5) is 21.1. The van der Waals surface area contributed by atoms with Gasteiger partial charge in [-0.25, -0.2) is 4.98 Å². The summed E-state index contributed by atoms with van der Waals surface area (Å²) >= 11 is 1.44. The Morgan fingerprint density at radius 1 is 1.38 bits per heavy atom. The maximum absolute atomic E-state index is 12.2. The Balaban J connectivity index is 1.62. The van der Waals surface area contributed by atoms with Crippen LogP contribution in [0.2, 0.25) is 0 Å². The third-order valence-corrected chi connectivity index (χ3v) is 5.45. The molecule has 0 radical (unpaired) electrons. The molecule has 2 heterocycles. The second kappa shape index (κ2) is 8.49. The number of nitrogens with zero attached hydrogens (tertiary/aromatic N) is 4. The minimum atomic E-state index is 0.202. The van der Waals surface area contributed by atoms with E-state index in [9.17, 15) is 4.79 Å². The first-order chi connectivity index (χ1) is 12.6. The van der Waals surface area contributed by atoms with Gasteiger partial charge >= 0.3 is 0 Å². The van der Waals surface area contributed by atoms with E-state index in [-0.39, 0.29) is 11.9 Å². The van der Waals surface area contributed by atoms with Crippen LogP contribution in [0.5, 0.6) is 5.75 Å². The minimum Gasteiger partial charge on any atom is -0.497 e. The monoisotopic (exact) mass is 374 g/mol. The summed E-state index contributed by atoms with van der Waals surface area (Å²) in [5, 5.41) is 0.942. The van der Waals surface area contributed by atoms with Crippen molar-refractivity contribution in [1.29, 1.82) is 0 Å². The number of anilines is 1. The summed E-state index contributed by atoms with van der Waals surface area (Å²) in [5.74, 6) is 1.94. The molecule has 1 aromatic heterocycles. The number of ether oxygens (including phenoxy) is 1. The number of rotatable bonds is 6. The molecule has 0 N–H and O–H groups in total. The highest BCUT2D eigenvalue weighted by molar-refractivity contribution is 7.09. The Kier molecular flexibility index (Phi) is 6.08. The van der Waals surface area contributed by atoms with E-state index >= 15 is 0 Å². The molecule has 1 aromatic carbocycles. The van der Waals surface area contributed by atoms with E-state index in [2.05, 4.69) is 22.3 Å². The van der Waals surface area contributed by atoms with Crippen molar-refractivity contribution in [3.8, 4) is 5.75 Å². The van der Waals surface area contributed by atoms with Crippen molar-refractivity contribution in [3.63, 3.8) is 0 Å². The number of benzene rings is 1. The average molecular weight is 375 g/mol. The summed E-state index contributed by atoms with van der Waals surface area (Å²) in [7, 11) is 1.67. The minimum absolute atomic E-state index is 0.202. The standard InChI is InChI=1S/C19H26N4O2S/c1-4-6-18(24)23-10-9-22(13-14(23)2)19-20-17(21-26-19)12-15-7-5-8-16(11-15)25-3/h5,7-8,11,14H,4,6,9-10,12-13H2,1-3H3. The molecule has 0 saturated carbocycles. The number of carbonyl (C=O) groups is 1. The molecule has 1 aliphatic rings. The molecule has 0 aliphatic carbocycles. The van der Waals surface area contributed by atoms with Crippen molar-refractivity contribution in [2.75, 3.05) is 31.6 Å². The van der Waals surface area contributed by atoms with Gasteiger partial charge in [-0.2, -0.15) is 4.37 Å². The fourth-order valence-corrected chi connectivity index (χ4v) is 3.99.